The van der Waals surface area contributed by atoms with Gasteiger partial charge in [0.2, 0.25) is 6.23 Å². The first-order valence-electron chi connectivity index (χ1n) is 9.97. The molecule has 0 saturated carbocycles. The lowest BCUT2D eigenvalue weighted by Gasteiger charge is -2.38. The highest BCUT2D eigenvalue weighted by Gasteiger charge is 2.42. The second kappa shape index (κ2) is 7.75. The lowest BCUT2D eigenvalue weighted by atomic mass is 9.96. The second-order valence-electron chi connectivity index (χ2n) is 7.35. The Bertz CT molecular complexity index is 1150. The van der Waals surface area contributed by atoms with Crippen molar-refractivity contribution in [1.29, 1.82) is 0 Å². The zero-order valence-electron chi connectivity index (χ0n) is 17.2. The van der Waals surface area contributed by atoms with Crippen LogP contribution in [0.15, 0.2) is 72.1 Å². The van der Waals surface area contributed by atoms with Gasteiger partial charge in [-0.3, -0.25) is 4.98 Å². The number of nitrogens with zero attached hydrogens (tertiary/aromatic N) is 3. The number of carbonyl (C=O) groups excluding carboxylic acids is 1. The molecule has 0 bridgehead atoms. The molecule has 0 amide bonds. The third kappa shape index (κ3) is 3.28. The van der Waals surface area contributed by atoms with Crippen LogP contribution in [0.25, 0.3) is 0 Å². The molecule has 0 radical (unpaired) electrons. The van der Waals surface area contributed by atoms with Crippen LogP contribution in [-0.2, 0) is 4.74 Å². The van der Waals surface area contributed by atoms with E-state index in [1.165, 1.54) is 7.11 Å². The van der Waals surface area contributed by atoms with E-state index in [2.05, 4.69) is 4.98 Å². The molecule has 0 aliphatic carbocycles. The fraction of sp³-hybridized carbons (Fsp3) is 0.208. The summed E-state index contributed by atoms with van der Waals surface area (Å²) in [6, 6.07) is 17.0. The van der Waals surface area contributed by atoms with Crippen molar-refractivity contribution in [1.82, 2.24) is 9.99 Å². The Morgan fingerprint density at radius 1 is 1.10 bits per heavy atom. The van der Waals surface area contributed by atoms with Gasteiger partial charge in [-0.05, 0) is 24.3 Å². The van der Waals surface area contributed by atoms with Crippen molar-refractivity contribution in [3.8, 4) is 11.5 Å². The van der Waals surface area contributed by atoms with E-state index in [0.717, 1.165) is 34.6 Å². The SMILES string of the molecule is COC(=O)c1ccc([C@@H]2Oc3c(OC)cccc3[C@@H]3CC(c4cccnc4)=NN32)cc1. The average molecular weight is 415 g/mol. The Kier molecular flexibility index (Phi) is 4.78. The molecule has 0 fully saturated rings. The van der Waals surface area contributed by atoms with E-state index in [4.69, 9.17) is 19.3 Å². The molecule has 3 heterocycles. The molecule has 5 rings (SSSR count). The quantitative estimate of drug-likeness (QED) is 0.597. The molecule has 0 spiro atoms. The Hall–Kier alpha value is -3.87. The fourth-order valence-electron chi connectivity index (χ4n) is 4.07. The number of hydrogen-bond acceptors (Lipinski definition) is 7. The van der Waals surface area contributed by atoms with Gasteiger partial charge in [-0.2, -0.15) is 5.10 Å². The number of rotatable bonds is 4. The van der Waals surface area contributed by atoms with E-state index in [9.17, 15) is 4.79 Å². The number of para-hydroxylation sites is 1. The predicted molar refractivity (Wildman–Crippen MR) is 114 cm³/mol. The fourth-order valence-corrected chi connectivity index (χ4v) is 4.07. The molecule has 7 nitrogen and oxygen atoms in total. The monoisotopic (exact) mass is 415 g/mol. The number of ether oxygens (including phenoxy) is 3. The van der Waals surface area contributed by atoms with Gasteiger partial charge in [-0.15, -0.1) is 0 Å². The summed E-state index contributed by atoms with van der Waals surface area (Å²) in [7, 11) is 3.00. The molecule has 2 aliphatic heterocycles. The number of aromatic nitrogens is 1. The summed E-state index contributed by atoms with van der Waals surface area (Å²) in [5, 5.41) is 6.90. The van der Waals surface area contributed by atoms with E-state index >= 15 is 0 Å². The Labute approximate surface area is 179 Å². The number of methoxy groups -OCH3 is 2. The minimum atomic E-state index is -0.463. The maximum absolute atomic E-state index is 11.8. The topological polar surface area (TPSA) is 73.2 Å². The summed E-state index contributed by atoms with van der Waals surface area (Å²) in [6.07, 6.45) is 3.84. The minimum Gasteiger partial charge on any atom is -0.493 e. The van der Waals surface area contributed by atoms with Gasteiger partial charge in [0.25, 0.3) is 0 Å². The summed E-state index contributed by atoms with van der Waals surface area (Å²) in [5.41, 5.74) is 4.34. The van der Waals surface area contributed by atoms with E-state index in [1.54, 1.807) is 25.4 Å². The van der Waals surface area contributed by atoms with Crippen LogP contribution in [0.5, 0.6) is 11.5 Å². The lowest BCUT2D eigenvalue weighted by Crippen LogP contribution is -2.33. The highest BCUT2D eigenvalue weighted by Crippen LogP contribution is 2.50. The third-order valence-electron chi connectivity index (χ3n) is 5.61. The van der Waals surface area contributed by atoms with Crippen LogP contribution in [-0.4, -0.2) is 35.9 Å². The van der Waals surface area contributed by atoms with Crippen LogP contribution in [0.2, 0.25) is 0 Å². The largest absolute Gasteiger partial charge is 0.493 e. The van der Waals surface area contributed by atoms with Gasteiger partial charge >= 0.3 is 5.97 Å². The molecule has 1 aromatic heterocycles. The molecular weight excluding hydrogens is 394 g/mol. The lowest BCUT2D eigenvalue weighted by molar-refractivity contribution is -0.0209. The molecule has 0 N–H and O–H groups in total. The van der Waals surface area contributed by atoms with Gasteiger partial charge < -0.3 is 14.2 Å². The van der Waals surface area contributed by atoms with Crippen LogP contribution in [0.3, 0.4) is 0 Å². The minimum absolute atomic E-state index is 0.000611. The molecule has 3 aromatic rings. The Balaban J connectivity index is 1.58. The number of hydrazone groups is 1. The maximum atomic E-state index is 11.8. The second-order valence-corrected chi connectivity index (χ2v) is 7.35. The van der Waals surface area contributed by atoms with E-state index in [0.29, 0.717) is 11.3 Å². The van der Waals surface area contributed by atoms with Crippen molar-refractivity contribution in [2.45, 2.75) is 18.7 Å². The maximum Gasteiger partial charge on any atom is 0.337 e. The van der Waals surface area contributed by atoms with E-state index < -0.39 is 6.23 Å². The average Bonchev–Trinajstić information content (AvgIpc) is 3.29. The standard InChI is InChI=1S/C24H21N3O4/c1-29-21-7-3-6-18-20-13-19(17-5-4-12-25-14-17)26-27(20)23(31-22(18)21)15-8-10-16(11-9-15)24(28)30-2/h3-12,14,20,23H,13H2,1-2H3/t20-,23-/m0/s1. The Morgan fingerprint density at radius 3 is 2.65 bits per heavy atom. The van der Waals surface area contributed by atoms with Gasteiger partial charge in [0, 0.05) is 35.5 Å². The number of esters is 1. The molecule has 156 valence electrons. The molecule has 31 heavy (non-hydrogen) atoms. The highest BCUT2D eigenvalue weighted by molar-refractivity contribution is 6.01. The molecular formula is C24H21N3O4. The predicted octanol–water partition coefficient (Wildman–Crippen LogP) is 4.12. The van der Waals surface area contributed by atoms with Crippen molar-refractivity contribution < 1.29 is 19.0 Å². The molecule has 2 aliphatic rings. The zero-order chi connectivity index (χ0) is 21.4. The van der Waals surface area contributed by atoms with Crippen molar-refractivity contribution in [3.63, 3.8) is 0 Å². The van der Waals surface area contributed by atoms with Gasteiger partial charge in [0.15, 0.2) is 11.5 Å². The van der Waals surface area contributed by atoms with Gasteiger partial charge in [0.1, 0.15) is 0 Å². The molecule has 7 heteroatoms. The number of benzene rings is 2. The van der Waals surface area contributed by atoms with Crippen molar-refractivity contribution in [2.75, 3.05) is 14.2 Å². The van der Waals surface area contributed by atoms with Crippen LogP contribution >= 0.6 is 0 Å². The molecule has 0 unspecified atom stereocenters. The summed E-state index contributed by atoms with van der Waals surface area (Å²) in [5.74, 6) is 1.03. The first-order chi connectivity index (χ1) is 15.2. The number of pyridine rings is 1. The summed E-state index contributed by atoms with van der Waals surface area (Å²) in [4.78, 5) is 16.1. The van der Waals surface area contributed by atoms with Crippen molar-refractivity contribution in [3.05, 3.63) is 89.2 Å². The summed E-state index contributed by atoms with van der Waals surface area (Å²) < 4.78 is 16.8. The van der Waals surface area contributed by atoms with Crippen LogP contribution in [0, 0.1) is 0 Å². The number of hydrogen-bond donors (Lipinski definition) is 0. The first kappa shape index (κ1) is 19.1. The zero-order valence-corrected chi connectivity index (χ0v) is 17.2. The normalized spacial score (nSPS) is 19.0. The third-order valence-corrected chi connectivity index (χ3v) is 5.61. The van der Waals surface area contributed by atoms with E-state index in [-0.39, 0.29) is 12.0 Å². The molecule has 2 atom stereocenters. The summed E-state index contributed by atoms with van der Waals surface area (Å²) >= 11 is 0. The smallest absolute Gasteiger partial charge is 0.337 e. The van der Waals surface area contributed by atoms with Crippen molar-refractivity contribution in [2.24, 2.45) is 5.10 Å². The van der Waals surface area contributed by atoms with Crippen LogP contribution in [0.1, 0.15) is 45.7 Å². The number of fused-ring (bicyclic) bond motifs is 3. The summed E-state index contributed by atoms with van der Waals surface area (Å²) in [6.45, 7) is 0. The molecule has 0 saturated heterocycles. The van der Waals surface area contributed by atoms with Crippen LogP contribution < -0.4 is 9.47 Å². The Morgan fingerprint density at radius 2 is 1.94 bits per heavy atom. The van der Waals surface area contributed by atoms with Gasteiger partial charge in [-0.25, -0.2) is 9.80 Å². The van der Waals surface area contributed by atoms with Crippen LogP contribution in [0.4, 0.5) is 0 Å². The van der Waals surface area contributed by atoms with Crippen molar-refractivity contribution >= 4 is 11.7 Å². The molecule has 2 aromatic carbocycles. The first-order valence-corrected chi connectivity index (χ1v) is 9.97. The number of carbonyl (C=O) groups is 1. The van der Waals surface area contributed by atoms with Gasteiger partial charge in [-0.1, -0.05) is 30.3 Å². The van der Waals surface area contributed by atoms with Gasteiger partial charge in [0.05, 0.1) is 31.5 Å². The highest BCUT2D eigenvalue weighted by atomic mass is 16.5. The van der Waals surface area contributed by atoms with E-state index in [1.807, 2.05) is 53.7 Å².